The second-order valence-electron chi connectivity index (χ2n) is 4.48. The lowest BCUT2D eigenvalue weighted by molar-refractivity contribution is -0.145. The fourth-order valence-electron chi connectivity index (χ4n) is 1.60. The molecule has 1 aliphatic rings. The summed E-state index contributed by atoms with van der Waals surface area (Å²) < 4.78 is 4.66. The molecule has 0 bridgehead atoms. The first-order valence-electron chi connectivity index (χ1n) is 5.53. The number of nitrogens with zero attached hydrogens (tertiary/aromatic N) is 2. The summed E-state index contributed by atoms with van der Waals surface area (Å²) in [6.07, 6.45) is 2.07. The SMILES string of the molecule is COC(=O)[C@H](C)CN(C(=O)N(C)C)C1CC1. The van der Waals surface area contributed by atoms with Gasteiger partial charge in [0.25, 0.3) is 0 Å². The minimum Gasteiger partial charge on any atom is -0.469 e. The molecule has 92 valence electrons. The van der Waals surface area contributed by atoms with E-state index >= 15 is 0 Å². The zero-order valence-corrected chi connectivity index (χ0v) is 10.4. The maximum absolute atomic E-state index is 11.9. The summed E-state index contributed by atoms with van der Waals surface area (Å²) in [4.78, 5) is 26.5. The molecule has 0 heterocycles. The van der Waals surface area contributed by atoms with Crippen molar-refractivity contribution in [1.29, 1.82) is 0 Å². The maximum atomic E-state index is 11.9. The van der Waals surface area contributed by atoms with Crippen LogP contribution in [0.3, 0.4) is 0 Å². The summed E-state index contributed by atoms with van der Waals surface area (Å²) in [6.45, 7) is 2.22. The first kappa shape index (κ1) is 12.8. The molecular weight excluding hydrogens is 208 g/mol. The fourth-order valence-corrected chi connectivity index (χ4v) is 1.60. The van der Waals surface area contributed by atoms with Crippen molar-refractivity contribution in [3.05, 3.63) is 0 Å². The second-order valence-corrected chi connectivity index (χ2v) is 4.48. The van der Waals surface area contributed by atoms with Gasteiger partial charge in [-0.15, -0.1) is 0 Å². The third-order valence-electron chi connectivity index (χ3n) is 2.69. The average Bonchev–Trinajstić information content (AvgIpc) is 3.06. The summed E-state index contributed by atoms with van der Waals surface area (Å²) in [5.74, 6) is -0.535. The van der Waals surface area contributed by atoms with Gasteiger partial charge in [0.1, 0.15) is 0 Å². The van der Waals surface area contributed by atoms with Gasteiger partial charge in [0.15, 0.2) is 0 Å². The molecule has 1 fully saturated rings. The molecule has 2 amide bonds. The molecule has 0 spiro atoms. The summed E-state index contributed by atoms with van der Waals surface area (Å²) in [5, 5.41) is 0. The number of methoxy groups -OCH3 is 1. The molecule has 0 aromatic heterocycles. The van der Waals surface area contributed by atoms with Crippen LogP contribution in [0, 0.1) is 5.92 Å². The van der Waals surface area contributed by atoms with Gasteiger partial charge in [-0.2, -0.15) is 0 Å². The van der Waals surface area contributed by atoms with Gasteiger partial charge >= 0.3 is 12.0 Å². The first-order valence-corrected chi connectivity index (χ1v) is 5.53. The summed E-state index contributed by atoms with van der Waals surface area (Å²) >= 11 is 0. The molecule has 1 aliphatic carbocycles. The van der Waals surface area contributed by atoms with Gasteiger partial charge in [0.05, 0.1) is 13.0 Å². The molecule has 0 aliphatic heterocycles. The normalized spacial score (nSPS) is 16.5. The molecule has 5 heteroatoms. The van der Waals surface area contributed by atoms with E-state index in [1.54, 1.807) is 30.8 Å². The van der Waals surface area contributed by atoms with Gasteiger partial charge in [0.2, 0.25) is 0 Å². The van der Waals surface area contributed by atoms with Crippen LogP contribution in [0.2, 0.25) is 0 Å². The van der Waals surface area contributed by atoms with Gasteiger partial charge < -0.3 is 14.5 Å². The number of hydrogen-bond acceptors (Lipinski definition) is 3. The number of rotatable bonds is 4. The average molecular weight is 228 g/mol. The molecule has 1 atom stereocenters. The number of carbonyl (C=O) groups excluding carboxylic acids is 2. The van der Waals surface area contributed by atoms with Crippen LogP contribution < -0.4 is 0 Å². The maximum Gasteiger partial charge on any atom is 0.319 e. The molecule has 16 heavy (non-hydrogen) atoms. The number of amides is 2. The van der Waals surface area contributed by atoms with Crippen molar-refractivity contribution >= 4 is 12.0 Å². The minimum absolute atomic E-state index is 0.0294. The Hall–Kier alpha value is -1.26. The standard InChI is InChI=1S/C11H20N2O3/c1-8(10(14)16-4)7-13(9-5-6-9)11(15)12(2)3/h8-9H,5-7H2,1-4H3/t8-/m1/s1. The van der Waals surface area contributed by atoms with Crippen molar-refractivity contribution in [2.45, 2.75) is 25.8 Å². The monoisotopic (exact) mass is 228 g/mol. The molecule has 1 rings (SSSR count). The van der Waals surface area contributed by atoms with E-state index in [1.807, 2.05) is 0 Å². The van der Waals surface area contributed by atoms with Crippen LogP contribution >= 0.6 is 0 Å². The van der Waals surface area contributed by atoms with Gasteiger partial charge in [-0.05, 0) is 12.8 Å². The number of ether oxygens (including phenoxy) is 1. The number of carbonyl (C=O) groups is 2. The van der Waals surface area contributed by atoms with E-state index in [0.717, 1.165) is 12.8 Å². The van der Waals surface area contributed by atoms with Crippen molar-refractivity contribution in [1.82, 2.24) is 9.80 Å². The van der Waals surface area contributed by atoms with Crippen LogP contribution in [0.4, 0.5) is 4.79 Å². The lowest BCUT2D eigenvalue weighted by Crippen LogP contribution is -2.44. The van der Waals surface area contributed by atoms with Crippen LogP contribution in [-0.2, 0) is 9.53 Å². The van der Waals surface area contributed by atoms with Gasteiger partial charge in [-0.3, -0.25) is 4.79 Å². The second kappa shape index (κ2) is 5.18. The van der Waals surface area contributed by atoms with Crippen LogP contribution in [0.5, 0.6) is 0 Å². The first-order chi connectivity index (χ1) is 7.47. The highest BCUT2D eigenvalue weighted by molar-refractivity contribution is 5.76. The van der Waals surface area contributed by atoms with E-state index < -0.39 is 0 Å². The summed E-state index contributed by atoms with van der Waals surface area (Å²) in [6, 6.07) is 0.278. The molecule has 0 saturated heterocycles. The lowest BCUT2D eigenvalue weighted by Gasteiger charge is -2.27. The molecule has 0 unspecified atom stereocenters. The number of urea groups is 1. The Morgan fingerprint density at radius 1 is 1.38 bits per heavy atom. The Labute approximate surface area is 96.3 Å². The van der Waals surface area contributed by atoms with Crippen LogP contribution in [0.1, 0.15) is 19.8 Å². The number of hydrogen-bond donors (Lipinski definition) is 0. The predicted molar refractivity (Wildman–Crippen MR) is 60.0 cm³/mol. The van der Waals surface area contributed by atoms with E-state index in [2.05, 4.69) is 4.74 Å². The van der Waals surface area contributed by atoms with Gasteiger partial charge in [-0.1, -0.05) is 6.92 Å². The summed E-state index contributed by atoms with van der Waals surface area (Å²) in [5.41, 5.74) is 0. The van der Waals surface area contributed by atoms with Crippen LogP contribution in [-0.4, -0.2) is 55.6 Å². The van der Waals surface area contributed by atoms with E-state index in [9.17, 15) is 9.59 Å². The molecular formula is C11H20N2O3. The molecule has 5 nitrogen and oxygen atoms in total. The highest BCUT2D eigenvalue weighted by Gasteiger charge is 2.35. The molecule has 0 N–H and O–H groups in total. The van der Waals surface area contributed by atoms with Gasteiger partial charge in [-0.25, -0.2) is 4.79 Å². The Kier molecular flexibility index (Phi) is 4.15. The van der Waals surface area contributed by atoms with Crippen molar-refractivity contribution < 1.29 is 14.3 Å². The van der Waals surface area contributed by atoms with Crippen LogP contribution in [0.15, 0.2) is 0 Å². The van der Waals surface area contributed by atoms with E-state index in [4.69, 9.17) is 0 Å². The predicted octanol–water partition coefficient (Wildman–Crippen LogP) is 0.941. The Morgan fingerprint density at radius 2 is 1.94 bits per heavy atom. The third-order valence-corrected chi connectivity index (χ3v) is 2.69. The minimum atomic E-state index is -0.269. The molecule has 0 aromatic carbocycles. The highest BCUT2D eigenvalue weighted by atomic mass is 16.5. The fraction of sp³-hybridized carbons (Fsp3) is 0.818. The quantitative estimate of drug-likeness (QED) is 0.673. The van der Waals surface area contributed by atoms with Crippen molar-refractivity contribution in [2.24, 2.45) is 5.92 Å². The van der Waals surface area contributed by atoms with Crippen molar-refractivity contribution in [3.63, 3.8) is 0 Å². The Morgan fingerprint density at radius 3 is 2.31 bits per heavy atom. The topological polar surface area (TPSA) is 49.9 Å². The van der Waals surface area contributed by atoms with E-state index in [-0.39, 0.29) is 17.9 Å². The number of esters is 1. The van der Waals surface area contributed by atoms with Gasteiger partial charge in [0, 0.05) is 26.7 Å². The van der Waals surface area contributed by atoms with E-state index in [1.165, 1.54) is 7.11 Å². The lowest BCUT2D eigenvalue weighted by atomic mass is 10.1. The zero-order valence-electron chi connectivity index (χ0n) is 10.4. The Bertz CT molecular complexity index is 274. The largest absolute Gasteiger partial charge is 0.469 e. The Balaban J connectivity index is 2.58. The highest BCUT2D eigenvalue weighted by Crippen LogP contribution is 2.28. The van der Waals surface area contributed by atoms with Crippen molar-refractivity contribution in [3.8, 4) is 0 Å². The van der Waals surface area contributed by atoms with E-state index in [0.29, 0.717) is 12.6 Å². The molecule has 1 saturated carbocycles. The van der Waals surface area contributed by atoms with Crippen LogP contribution in [0.25, 0.3) is 0 Å². The smallest absolute Gasteiger partial charge is 0.319 e. The van der Waals surface area contributed by atoms with Crippen molar-refractivity contribution in [2.75, 3.05) is 27.7 Å². The molecule has 0 aromatic rings. The molecule has 0 radical (unpaired) electrons. The third kappa shape index (κ3) is 3.12. The zero-order chi connectivity index (χ0) is 12.3. The summed E-state index contributed by atoms with van der Waals surface area (Å²) in [7, 11) is 4.81.